The van der Waals surface area contributed by atoms with E-state index in [1.54, 1.807) is 0 Å². The fraction of sp³-hybridized carbons (Fsp3) is 0.200. The molecule has 1 heterocycles. The van der Waals surface area contributed by atoms with Crippen LogP contribution in [0.4, 0.5) is 5.69 Å². The highest BCUT2D eigenvalue weighted by molar-refractivity contribution is 6.21. The molecule has 0 spiro atoms. The van der Waals surface area contributed by atoms with Crippen LogP contribution in [0.1, 0.15) is 33.6 Å². The van der Waals surface area contributed by atoms with Crippen molar-refractivity contribution in [2.24, 2.45) is 0 Å². The molecule has 0 N–H and O–H groups in total. The molecule has 0 fully saturated rings. The monoisotopic (exact) mass is 284 g/mol. The average Bonchev–Trinajstić information content (AvgIpc) is 2.73. The van der Waals surface area contributed by atoms with Crippen LogP contribution in [0, 0.1) is 10.1 Å². The number of rotatable bonds is 3. The van der Waals surface area contributed by atoms with Gasteiger partial charge in [-0.1, -0.05) is 18.2 Å². The molecule has 6 heteroatoms. The highest BCUT2D eigenvalue weighted by Gasteiger charge is 2.36. The van der Waals surface area contributed by atoms with E-state index in [0.29, 0.717) is 0 Å². The van der Waals surface area contributed by atoms with Gasteiger partial charge in [0.15, 0.2) is 0 Å². The first-order valence-electron chi connectivity index (χ1n) is 6.58. The number of benzene rings is 1. The van der Waals surface area contributed by atoms with Gasteiger partial charge >= 0.3 is 0 Å². The molecule has 1 aliphatic carbocycles. The van der Waals surface area contributed by atoms with Gasteiger partial charge in [-0.3, -0.25) is 24.6 Å². The van der Waals surface area contributed by atoms with Gasteiger partial charge in [0.2, 0.25) is 0 Å². The van der Waals surface area contributed by atoms with Crippen molar-refractivity contribution in [2.45, 2.75) is 12.8 Å². The first kappa shape index (κ1) is 13.2. The topological polar surface area (TPSA) is 80.5 Å². The molecular formula is C15H12N2O4. The van der Waals surface area contributed by atoms with E-state index in [4.69, 9.17) is 0 Å². The Balaban J connectivity index is 1.91. The fourth-order valence-corrected chi connectivity index (χ4v) is 2.50. The first-order chi connectivity index (χ1) is 10.1. The smallest absolute Gasteiger partial charge is 0.270 e. The van der Waals surface area contributed by atoms with E-state index < -0.39 is 16.7 Å². The quantitative estimate of drug-likeness (QED) is 0.485. The second kappa shape index (κ2) is 4.97. The Hall–Kier alpha value is -2.76. The van der Waals surface area contributed by atoms with Crippen molar-refractivity contribution in [3.8, 4) is 0 Å². The van der Waals surface area contributed by atoms with Crippen LogP contribution in [0.25, 0.3) is 0 Å². The number of hydrogen-bond donors (Lipinski definition) is 0. The number of imide groups is 1. The minimum Gasteiger partial charge on any atom is -0.270 e. The second-order valence-electron chi connectivity index (χ2n) is 4.94. The third-order valence-corrected chi connectivity index (χ3v) is 3.58. The molecule has 1 aromatic carbocycles. The van der Waals surface area contributed by atoms with Crippen LogP contribution < -0.4 is 0 Å². The third-order valence-electron chi connectivity index (χ3n) is 3.58. The molecule has 0 saturated heterocycles. The zero-order valence-corrected chi connectivity index (χ0v) is 11.1. The fourth-order valence-electron chi connectivity index (χ4n) is 2.50. The minimum atomic E-state index is -0.576. The number of nitro groups is 1. The van der Waals surface area contributed by atoms with Gasteiger partial charge in [-0.15, -0.1) is 0 Å². The summed E-state index contributed by atoms with van der Waals surface area (Å²) < 4.78 is 0. The summed E-state index contributed by atoms with van der Waals surface area (Å²) in [5.74, 6) is -0.872. The van der Waals surface area contributed by atoms with Gasteiger partial charge in [0.1, 0.15) is 0 Å². The van der Waals surface area contributed by atoms with Gasteiger partial charge < -0.3 is 0 Å². The highest BCUT2D eigenvalue weighted by Crippen LogP contribution is 2.27. The molecule has 0 unspecified atom stereocenters. The van der Waals surface area contributed by atoms with E-state index >= 15 is 0 Å². The summed E-state index contributed by atoms with van der Waals surface area (Å²) in [6.07, 6.45) is 7.73. The highest BCUT2D eigenvalue weighted by atomic mass is 16.6. The molecule has 0 saturated carbocycles. The largest absolute Gasteiger partial charge is 0.270 e. The van der Waals surface area contributed by atoms with E-state index in [-0.39, 0.29) is 23.4 Å². The van der Waals surface area contributed by atoms with Gasteiger partial charge in [-0.25, -0.2) is 0 Å². The molecule has 1 aromatic rings. The van der Waals surface area contributed by atoms with Gasteiger partial charge in [0.25, 0.3) is 17.5 Å². The predicted octanol–water partition coefficient (Wildman–Crippen LogP) is 2.47. The van der Waals surface area contributed by atoms with Gasteiger partial charge in [0, 0.05) is 12.1 Å². The van der Waals surface area contributed by atoms with Crippen molar-refractivity contribution < 1.29 is 14.5 Å². The molecule has 0 radical (unpaired) electrons. The molecule has 21 heavy (non-hydrogen) atoms. The maximum absolute atomic E-state index is 12.3. The Bertz CT molecular complexity index is 718. The van der Waals surface area contributed by atoms with E-state index in [0.717, 1.165) is 23.3 Å². The Morgan fingerprint density at radius 1 is 1.14 bits per heavy atom. The number of carbonyl (C=O) groups is 2. The second-order valence-corrected chi connectivity index (χ2v) is 4.94. The molecule has 1 aliphatic heterocycles. The van der Waals surface area contributed by atoms with Crippen molar-refractivity contribution in [1.82, 2.24) is 4.90 Å². The average molecular weight is 284 g/mol. The molecule has 0 bridgehead atoms. The Morgan fingerprint density at radius 2 is 1.90 bits per heavy atom. The third kappa shape index (κ3) is 2.24. The number of hydrogen-bond acceptors (Lipinski definition) is 4. The van der Waals surface area contributed by atoms with Gasteiger partial charge in [0.05, 0.1) is 22.6 Å². The summed E-state index contributed by atoms with van der Waals surface area (Å²) in [5, 5.41) is 10.8. The minimum absolute atomic E-state index is 0.106. The molecular weight excluding hydrogens is 272 g/mol. The lowest BCUT2D eigenvalue weighted by Crippen LogP contribution is -2.31. The van der Waals surface area contributed by atoms with E-state index in [1.165, 1.54) is 18.2 Å². The predicted molar refractivity (Wildman–Crippen MR) is 74.9 cm³/mol. The molecule has 0 atom stereocenters. The lowest BCUT2D eigenvalue weighted by Gasteiger charge is -2.15. The van der Waals surface area contributed by atoms with Crippen molar-refractivity contribution in [1.29, 1.82) is 0 Å². The summed E-state index contributed by atoms with van der Waals surface area (Å²) in [6, 6.07) is 3.76. The molecule has 3 rings (SSSR count). The maximum Gasteiger partial charge on any atom is 0.270 e. The van der Waals surface area contributed by atoms with Crippen LogP contribution in [0.3, 0.4) is 0 Å². The van der Waals surface area contributed by atoms with Crippen molar-refractivity contribution in [3.05, 3.63) is 63.2 Å². The number of allylic oxidation sites excluding steroid dienone is 2. The van der Waals surface area contributed by atoms with Gasteiger partial charge in [-0.2, -0.15) is 0 Å². The van der Waals surface area contributed by atoms with Crippen LogP contribution in [-0.2, 0) is 0 Å². The molecule has 106 valence electrons. The Labute approximate surface area is 120 Å². The summed E-state index contributed by atoms with van der Waals surface area (Å²) in [6.45, 7) is 0.205. The first-order valence-corrected chi connectivity index (χ1v) is 6.58. The molecule has 6 nitrogen and oxygen atoms in total. The van der Waals surface area contributed by atoms with E-state index in [9.17, 15) is 19.7 Å². The van der Waals surface area contributed by atoms with E-state index in [1.807, 2.05) is 18.2 Å². The van der Waals surface area contributed by atoms with E-state index in [2.05, 4.69) is 0 Å². The Kier molecular flexibility index (Phi) is 3.13. The van der Waals surface area contributed by atoms with Crippen LogP contribution in [-0.4, -0.2) is 28.2 Å². The lowest BCUT2D eigenvalue weighted by atomic mass is 10.1. The number of fused-ring (bicyclic) bond motifs is 1. The van der Waals surface area contributed by atoms with Gasteiger partial charge in [-0.05, 0) is 24.5 Å². The number of non-ortho nitro benzene ring substituents is 1. The molecule has 2 aliphatic rings. The summed E-state index contributed by atoms with van der Waals surface area (Å²) in [5.41, 5.74) is 1.05. The summed E-state index contributed by atoms with van der Waals surface area (Å²) in [4.78, 5) is 35.9. The summed E-state index contributed by atoms with van der Waals surface area (Å²) in [7, 11) is 0. The number of nitrogens with zero attached hydrogens (tertiary/aromatic N) is 2. The number of amides is 2. The SMILES string of the molecule is O=C1c2ccc([N+](=O)[O-])cc2C(=O)N1CC1=CCCC=C1. The normalized spacial score (nSPS) is 17.0. The van der Waals surface area contributed by atoms with Crippen molar-refractivity contribution in [3.63, 3.8) is 0 Å². The number of nitro benzene ring substituents is 1. The van der Waals surface area contributed by atoms with Crippen LogP contribution in [0.2, 0.25) is 0 Å². The lowest BCUT2D eigenvalue weighted by molar-refractivity contribution is -0.384. The standard InChI is InChI=1S/C15H12N2O4/c18-14-12-7-6-11(17(20)21)8-13(12)15(19)16(14)9-10-4-2-1-3-5-10/h2,4-8H,1,3,9H2. The van der Waals surface area contributed by atoms with Crippen LogP contribution >= 0.6 is 0 Å². The van der Waals surface area contributed by atoms with Crippen LogP contribution in [0.15, 0.2) is 42.0 Å². The Morgan fingerprint density at radius 3 is 2.57 bits per heavy atom. The maximum atomic E-state index is 12.3. The zero-order valence-electron chi connectivity index (χ0n) is 11.1. The number of carbonyl (C=O) groups excluding carboxylic acids is 2. The summed E-state index contributed by atoms with van der Waals surface area (Å²) >= 11 is 0. The molecule has 2 amide bonds. The molecule has 0 aromatic heterocycles. The zero-order chi connectivity index (χ0) is 15.0. The van der Waals surface area contributed by atoms with Crippen molar-refractivity contribution in [2.75, 3.05) is 6.54 Å². The van der Waals surface area contributed by atoms with Crippen molar-refractivity contribution >= 4 is 17.5 Å². The van der Waals surface area contributed by atoms with Crippen LogP contribution in [0.5, 0.6) is 0 Å².